The monoisotopic (exact) mass is 550 g/mol. The van der Waals surface area contributed by atoms with Crippen molar-refractivity contribution in [2.75, 3.05) is 19.7 Å². The maximum atomic E-state index is 13.1. The fourth-order valence-corrected chi connectivity index (χ4v) is 5.53. The molecule has 2 aliphatic heterocycles. The zero-order valence-electron chi connectivity index (χ0n) is 20.7. The summed E-state index contributed by atoms with van der Waals surface area (Å²) in [6, 6.07) is 10.5. The summed E-state index contributed by atoms with van der Waals surface area (Å²) in [5, 5.41) is 10.7. The van der Waals surface area contributed by atoms with Crippen molar-refractivity contribution in [3.63, 3.8) is 0 Å². The molecule has 0 spiro atoms. The van der Waals surface area contributed by atoms with Gasteiger partial charge in [0.05, 0.1) is 19.1 Å². The highest BCUT2D eigenvalue weighted by molar-refractivity contribution is 7.97. The Morgan fingerprint density at radius 3 is 2.69 bits per heavy atom. The third-order valence-corrected chi connectivity index (χ3v) is 7.82. The van der Waals surface area contributed by atoms with Gasteiger partial charge in [-0.25, -0.2) is 4.31 Å². The van der Waals surface area contributed by atoms with Gasteiger partial charge in [-0.2, -0.15) is 0 Å². The van der Waals surface area contributed by atoms with Crippen LogP contribution >= 0.6 is 35.1 Å². The zero-order chi connectivity index (χ0) is 25.9. The number of ether oxygens (including phenoxy) is 1. The number of hydrogen-bond donors (Lipinski definition) is 3. The Balaban J connectivity index is 1.43. The average Bonchev–Trinajstić information content (AvgIpc) is 2.81. The molecule has 1 saturated heterocycles. The second-order valence-corrected chi connectivity index (χ2v) is 12.0. The van der Waals surface area contributed by atoms with Crippen molar-refractivity contribution in [1.29, 1.82) is 0 Å². The summed E-state index contributed by atoms with van der Waals surface area (Å²) < 4.78 is 7.86. The Kier molecular flexibility index (Phi) is 8.73. The highest BCUT2D eigenvalue weighted by Crippen LogP contribution is 2.37. The van der Waals surface area contributed by atoms with E-state index < -0.39 is 6.04 Å². The lowest BCUT2D eigenvalue weighted by atomic mass is 9.97. The Morgan fingerprint density at radius 2 is 1.97 bits per heavy atom. The first-order valence-corrected chi connectivity index (χ1v) is 13.6. The molecule has 4 rings (SSSR count). The van der Waals surface area contributed by atoms with E-state index in [4.69, 9.17) is 27.9 Å². The summed E-state index contributed by atoms with van der Waals surface area (Å²) in [4.78, 5) is 26.8. The van der Waals surface area contributed by atoms with Gasteiger partial charge in [0.25, 0.3) is 0 Å². The van der Waals surface area contributed by atoms with Gasteiger partial charge in [-0.15, -0.1) is 0 Å². The first-order valence-electron chi connectivity index (χ1n) is 12.1. The van der Waals surface area contributed by atoms with Crippen LogP contribution in [0, 0.1) is 0 Å². The van der Waals surface area contributed by atoms with Crippen LogP contribution in [0.5, 0.6) is 5.75 Å². The predicted molar refractivity (Wildman–Crippen MR) is 144 cm³/mol. The minimum atomic E-state index is -0.576. The van der Waals surface area contributed by atoms with Gasteiger partial charge >= 0.3 is 0 Å². The molecule has 2 heterocycles. The molecule has 0 saturated carbocycles. The van der Waals surface area contributed by atoms with Crippen LogP contribution in [0.3, 0.4) is 0 Å². The van der Waals surface area contributed by atoms with E-state index in [1.165, 1.54) is 11.9 Å². The number of rotatable bonds is 7. The third kappa shape index (κ3) is 7.07. The summed E-state index contributed by atoms with van der Waals surface area (Å²) >= 11 is 14.1. The number of nitrogens with zero attached hydrogens (tertiary/aromatic N) is 1. The molecule has 2 amide bonds. The van der Waals surface area contributed by atoms with Gasteiger partial charge in [0.15, 0.2) is 0 Å². The molecule has 0 aromatic heterocycles. The molecule has 7 nitrogen and oxygen atoms in total. The summed E-state index contributed by atoms with van der Waals surface area (Å²) in [5.41, 5.74) is 1.77. The highest BCUT2D eigenvalue weighted by Gasteiger charge is 2.34. The molecule has 2 atom stereocenters. The van der Waals surface area contributed by atoms with E-state index in [1.54, 1.807) is 0 Å². The van der Waals surface area contributed by atoms with Crippen molar-refractivity contribution in [2.45, 2.75) is 62.7 Å². The molecular weight excluding hydrogens is 519 g/mol. The van der Waals surface area contributed by atoms with Crippen LogP contribution < -0.4 is 20.7 Å². The largest absolute Gasteiger partial charge is 0.493 e. The molecular formula is C26H32Cl2N4O3S. The van der Waals surface area contributed by atoms with E-state index in [0.717, 1.165) is 21.8 Å². The molecule has 2 aromatic carbocycles. The molecule has 194 valence electrons. The second-order valence-electron chi connectivity index (χ2n) is 10.0. The van der Waals surface area contributed by atoms with E-state index in [1.807, 2.05) is 40.7 Å². The normalized spacial score (nSPS) is 20.3. The molecule has 0 aliphatic carbocycles. The quantitative estimate of drug-likeness (QED) is 0.432. The van der Waals surface area contributed by atoms with Gasteiger partial charge in [0, 0.05) is 52.1 Å². The first kappa shape index (κ1) is 27.1. The molecule has 1 unspecified atom stereocenters. The van der Waals surface area contributed by atoms with Crippen LogP contribution in [-0.2, 0) is 16.1 Å². The van der Waals surface area contributed by atoms with Crippen LogP contribution in [0.1, 0.15) is 50.8 Å². The first-order chi connectivity index (χ1) is 17.1. The third-order valence-electron chi connectivity index (χ3n) is 6.06. The van der Waals surface area contributed by atoms with Gasteiger partial charge in [-0.3, -0.25) is 9.59 Å². The number of fused-ring (bicyclic) bond motifs is 1. The number of nitrogens with one attached hydrogen (secondary N) is 3. The van der Waals surface area contributed by atoms with Crippen molar-refractivity contribution in [1.82, 2.24) is 20.3 Å². The molecule has 0 radical (unpaired) electrons. The lowest BCUT2D eigenvalue weighted by Gasteiger charge is -2.34. The summed E-state index contributed by atoms with van der Waals surface area (Å²) in [7, 11) is 0. The van der Waals surface area contributed by atoms with Crippen molar-refractivity contribution in [3.05, 3.63) is 57.6 Å². The van der Waals surface area contributed by atoms with E-state index >= 15 is 0 Å². The Labute approximate surface area is 226 Å². The number of carbonyl (C=O) groups excluding carboxylic acids is 2. The zero-order valence-corrected chi connectivity index (χ0v) is 23.0. The van der Waals surface area contributed by atoms with Gasteiger partial charge in [0.1, 0.15) is 11.8 Å². The van der Waals surface area contributed by atoms with Crippen molar-refractivity contribution in [3.8, 4) is 5.75 Å². The Morgan fingerprint density at radius 1 is 1.22 bits per heavy atom. The number of piperazine rings is 1. The standard InChI is InChI=1S/C26H32Cl2N4O3S/c1-26(2,3)30-15-16-12-23-19(13-20(16)28)21(8-11-35-23)31-24(33)14-22-25(34)29-9-10-32(22)36-18-6-4-17(27)5-7-18/h4-7,12-13,21-22,30H,8-11,14-15H2,1-3H3,(H,29,34)(H,31,33)/t21-,22?/m1/s1. The minimum Gasteiger partial charge on any atom is -0.493 e. The van der Waals surface area contributed by atoms with Crippen molar-refractivity contribution in [2.24, 2.45) is 0 Å². The molecule has 3 N–H and O–H groups in total. The van der Waals surface area contributed by atoms with Gasteiger partial charge < -0.3 is 20.7 Å². The van der Waals surface area contributed by atoms with Gasteiger partial charge in [-0.05, 0) is 74.7 Å². The lowest BCUT2D eigenvalue weighted by Crippen LogP contribution is -2.54. The molecule has 1 fully saturated rings. The molecule has 2 aliphatic rings. The van der Waals surface area contributed by atoms with Crippen molar-refractivity contribution < 1.29 is 14.3 Å². The molecule has 10 heteroatoms. The summed E-state index contributed by atoms with van der Waals surface area (Å²) in [6.07, 6.45) is 0.690. The fraction of sp³-hybridized carbons (Fsp3) is 0.462. The fourth-order valence-electron chi connectivity index (χ4n) is 4.15. The van der Waals surface area contributed by atoms with Crippen LogP contribution in [-0.4, -0.2) is 47.4 Å². The number of amides is 2. The van der Waals surface area contributed by atoms with Crippen LogP contribution in [0.2, 0.25) is 10.0 Å². The predicted octanol–water partition coefficient (Wildman–Crippen LogP) is 4.72. The number of carbonyl (C=O) groups is 2. The molecule has 36 heavy (non-hydrogen) atoms. The summed E-state index contributed by atoms with van der Waals surface area (Å²) in [5.74, 6) is 0.396. The summed E-state index contributed by atoms with van der Waals surface area (Å²) in [6.45, 7) is 8.59. The second kappa shape index (κ2) is 11.6. The van der Waals surface area contributed by atoms with Crippen LogP contribution in [0.4, 0.5) is 0 Å². The van der Waals surface area contributed by atoms with E-state index in [0.29, 0.717) is 42.7 Å². The van der Waals surface area contributed by atoms with Gasteiger partial charge in [-0.1, -0.05) is 23.2 Å². The SMILES string of the molecule is CC(C)(C)NCc1cc2c(cc1Cl)[C@H](NC(=O)CC1C(=O)NCCN1Sc1ccc(Cl)cc1)CCO2. The average molecular weight is 552 g/mol. The Hall–Kier alpha value is -1.97. The van der Waals surface area contributed by atoms with E-state index in [2.05, 4.69) is 36.7 Å². The van der Waals surface area contributed by atoms with Gasteiger partial charge in [0.2, 0.25) is 11.8 Å². The Bertz CT molecular complexity index is 1110. The van der Waals surface area contributed by atoms with E-state index in [9.17, 15) is 9.59 Å². The highest BCUT2D eigenvalue weighted by atomic mass is 35.5. The van der Waals surface area contributed by atoms with E-state index in [-0.39, 0.29) is 29.8 Å². The topological polar surface area (TPSA) is 82.7 Å². The number of halogens is 2. The smallest absolute Gasteiger partial charge is 0.238 e. The maximum Gasteiger partial charge on any atom is 0.238 e. The number of benzene rings is 2. The molecule has 2 aromatic rings. The number of hydrogen-bond acceptors (Lipinski definition) is 6. The molecule has 0 bridgehead atoms. The lowest BCUT2D eigenvalue weighted by molar-refractivity contribution is -0.131. The van der Waals surface area contributed by atoms with Crippen LogP contribution in [0.15, 0.2) is 41.3 Å². The maximum absolute atomic E-state index is 13.1. The van der Waals surface area contributed by atoms with Crippen molar-refractivity contribution >= 4 is 47.0 Å². The van der Waals surface area contributed by atoms with Crippen LogP contribution in [0.25, 0.3) is 0 Å². The minimum absolute atomic E-state index is 0.0399.